The van der Waals surface area contributed by atoms with Crippen LogP contribution in [-0.4, -0.2) is 44.7 Å². The van der Waals surface area contributed by atoms with Crippen molar-refractivity contribution in [2.45, 2.75) is 124 Å². The van der Waals surface area contributed by atoms with Crippen molar-refractivity contribution in [1.29, 1.82) is 0 Å². The Kier molecular flexibility index (Phi) is 26.1. The summed E-state index contributed by atoms with van der Waals surface area (Å²) in [6, 6.07) is 0. The van der Waals surface area contributed by atoms with Gasteiger partial charge in [0.2, 0.25) is 0 Å². The van der Waals surface area contributed by atoms with Gasteiger partial charge in [0.05, 0.1) is 7.11 Å². The quantitative estimate of drug-likeness (QED) is 0.0925. The van der Waals surface area contributed by atoms with Crippen molar-refractivity contribution in [3.63, 3.8) is 0 Å². The van der Waals surface area contributed by atoms with Crippen LogP contribution in [0.4, 0.5) is 0 Å². The van der Waals surface area contributed by atoms with E-state index in [9.17, 15) is 0 Å². The molecule has 0 N–H and O–H groups in total. The lowest BCUT2D eigenvalue weighted by Crippen LogP contribution is -2.48. The van der Waals surface area contributed by atoms with E-state index in [2.05, 4.69) is 20.8 Å². The lowest BCUT2D eigenvalue weighted by Gasteiger charge is -2.33. The van der Waals surface area contributed by atoms with Crippen LogP contribution >= 0.6 is 0 Å². The third-order valence-corrected chi connectivity index (χ3v) is 5.80. The summed E-state index contributed by atoms with van der Waals surface area (Å²) in [4.78, 5) is 5.94. The van der Waals surface area contributed by atoms with Gasteiger partial charge in [0.25, 0.3) is 0 Å². The molecule has 0 heterocycles. The Balaban J connectivity index is 0. The molecule has 0 saturated heterocycles. The normalized spacial score (nSPS) is 11.6. The Labute approximate surface area is 184 Å². The first-order chi connectivity index (χ1) is 14.0. The van der Waals surface area contributed by atoms with E-state index in [4.69, 9.17) is 18.2 Å². The van der Waals surface area contributed by atoms with Crippen LogP contribution in [0.25, 0.3) is 0 Å². The number of quaternary nitrogens is 1. The smallest absolute Gasteiger partial charge is 0.109 e. The predicted octanol–water partition coefficient (Wildman–Crippen LogP) is 6.66. The van der Waals surface area contributed by atoms with Gasteiger partial charge >= 0.3 is 0 Å². The highest BCUT2D eigenvalue weighted by atomic mass is 32.2. The summed E-state index contributed by atoms with van der Waals surface area (Å²) in [5.41, 5.74) is 0. The van der Waals surface area contributed by atoms with Crippen molar-refractivity contribution in [1.82, 2.24) is 0 Å². The molecule has 0 fully saturated rings. The van der Waals surface area contributed by atoms with Crippen molar-refractivity contribution < 1.29 is 22.8 Å². The van der Waals surface area contributed by atoms with Crippen molar-refractivity contribution in [3.05, 3.63) is 0 Å². The molecule has 0 aliphatic heterocycles. The molecule has 0 radical (unpaired) electrons. The van der Waals surface area contributed by atoms with E-state index < -0.39 is 11.4 Å². The lowest BCUT2D eigenvalue weighted by molar-refractivity contribution is -1.10. The fourth-order valence-corrected chi connectivity index (χ4v) is 3.81. The van der Waals surface area contributed by atoms with E-state index in [1.165, 1.54) is 116 Å². The number of rotatable bonds is 20. The van der Waals surface area contributed by atoms with Gasteiger partial charge < -0.3 is 9.11 Å². The van der Waals surface area contributed by atoms with Crippen molar-refractivity contribution in [3.8, 4) is 0 Å². The number of unbranched alkanes of at least 4 members (excludes halogenated alkanes) is 14. The molecule has 0 saturated carbocycles. The summed E-state index contributed by atoms with van der Waals surface area (Å²) in [6.45, 7) is 10.4. The summed E-state index contributed by atoms with van der Waals surface area (Å²) in [5.74, 6) is 0. The second-order valence-corrected chi connectivity index (χ2v) is 8.57. The van der Waals surface area contributed by atoms with Crippen molar-refractivity contribution in [2.24, 2.45) is 0 Å². The van der Waals surface area contributed by atoms with Gasteiger partial charge in [-0.05, 0) is 32.6 Å². The van der Waals surface area contributed by atoms with Crippen LogP contribution in [0.2, 0.25) is 0 Å². The Bertz CT molecular complexity index is 313. The number of hydrogen-bond acceptors (Lipinski definition) is 4. The highest BCUT2D eigenvalue weighted by Crippen LogP contribution is 2.16. The topological polar surface area (TPSA) is 72.4 Å². The lowest BCUT2D eigenvalue weighted by atomic mass is 10.1. The first-order valence-corrected chi connectivity index (χ1v) is 13.2. The summed E-state index contributed by atoms with van der Waals surface area (Å²) in [5, 5.41) is 0. The van der Waals surface area contributed by atoms with Gasteiger partial charge in [-0.3, -0.25) is 4.21 Å². The van der Waals surface area contributed by atoms with Gasteiger partial charge in [-0.1, -0.05) is 90.9 Å². The largest absolute Gasteiger partial charge is 0.784 e. The summed E-state index contributed by atoms with van der Waals surface area (Å²) < 4.78 is 26.2. The molecule has 5 nitrogen and oxygen atoms in total. The number of hydroxylamine groups is 3. The van der Waals surface area contributed by atoms with Gasteiger partial charge in [-0.2, -0.15) is 4.65 Å². The molecule has 6 heteroatoms. The second kappa shape index (κ2) is 24.3. The third kappa shape index (κ3) is 24.1. The molecule has 0 aromatic rings. The molecule has 0 aliphatic carbocycles. The Hall–Kier alpha value is -0.0100. The van der Waals surface area contributed by atoms with Crippen molar-refractivity contribution in [2.75, 3.05) is 26.7 Å². The summed E-state index contributed by atoms with van der Waals surface area (Å²) in [6.07, 6.45) is 22.4. The van der Waals surface area contributed by atoms with E-state index >= 15 is 0 Å². The maximum absolute atomic E-state index is 8.44. The molecule has 0 aliphatic rings. The zero-order valence-electron chi connectivity index (χ0n) is 19.9. The van der Waals surface area contributed by atoms with Crippen LogP contribution in [0.3, 0.4) is 0 Å². The Morgan fingerprint density at radius 1 is 0.621 bits per heavy atom. The standard InChI is InChI=1S/C23H50NO.H2O3S/c1-5-8-10-12-14-16-18-20-22-24(7-3,25-4)23-21-19-17-15-13-11-9-6-2;1-4(2)3/h5-23H2,1-4H3;(H2,1,2,3)/q+1;/p-2. The first-order valence-electron chi connectivity index (χ1n) is 12.2. The summed E-state index contributed by atoms with van der Waals surface area (Å²) in [7, 11) is 1.92. The molecule has 0 amide bonds. The second-order valence-electron chi connectivity index (χ2n) is 8.16. The number of hydrogen-bond donors (Lipinski definition) is 0. The van der Waals surface area contributed by atoms with Crippen LogP contribution in [0, 0.1) is 0 Å². The Morgan fingerprint density at radius 2 is 0.897 bits per heavy atom. The van der Waals surface area contributed by atoms with Gasteiger partial charge in [0.15, 0.2) is 0 Å². The molecule has 0 spiro atoms. The minimum Gasteiger partial charge on any atom is -0.784 e. The molecular formula is C23H50NO4S-. The molecule has 0 unspecified atom stereocenters. The molecule has 0 aromatic heterocycles. The SMILES string of the molecule is CCCCCCCCCC[N+](CC)(CCCCCCCCCC)OC.O=S([O-])[O-]. The first kappa shape index (κ1) is 31.2. The minimum absolute atomic E-state index is 0.881. The van der Waals surface area contributed by atoms with Gasteiger partial charge in [-0.25, -0.2) is 4.84 Å². The average molecular weight is 437 g/mol. The van der Waals surface area contributed by atoms with Gasteiger partial charge in [-0.15, -0.1) is 11.4 Å². The van der Waals surface area contributed by atoms with Crippen LogP contribution in [0.1, 0.15) is 124 Å². The van der Waals surface area contributed by atoms with E-state index in [0.717, 1.165) is 11.2 Å². The fourth-order valence-electron chi connectivity index (χ4n) is 3.81. The zero-order valence-corrected chi connectivity index (χ0v) is 20.7. The van der Waals surface area contributed by atoms with Crippen LogP contribution in [-0.2, 0) is 16.2 Å². The van der Waals surface area contributed by atoms with Crippen molar-refractivity contribution >= 4 is 11.4 Å². The third-order valence-electron chi connectivity index (χ3n) is 5.80. The predicted molar refractivity (Wildman–Crippen MR) is 122 cm³/mol. The van der Waals surface area contributed by atoms with E-state index in [0.29, 0.717) is 0 Å². The monoisotopic (exact) mass is 436 g/mol. The molecule has 0 bridgehead atoms. The van der Waals surface area contributed by atoms with Gasteiger partial charge in [0.1, 0.15) is 19.6 Å². The van der Waals surface area contributed by atoms with E-state index in [-0.39, 0.29) is 0 Å². The Morgan fingerprint density at radius 3 is 1.14 bits per heavy atom. The van der Waals surface area contributed by atoms with Crippen LogP contribution in [0.15, 0.2) is 0 Å². The van der Waals surface area contributed by atoms with E-state index in [1.807, 2.05) is 7.11 Å². The minimum atomic E-state index is -3.11. The van der Waals surface area contributed by atoms with Gasteiger partial charge in [0, 0.05) is 0 Å². The molecule has 0 aromatic carbocycles. The molecule has 178 valence electrons. The van der Waals surface area contributed by atoms with E-state index in [1.54, 1.807) is 0 Å². The zero-order chi connectivity index (χ0) is 22.2. The molecule has 0 atom stereocenters. The maximum Gasteiger partial charge on any atom is 0.109 e. The summed E-state index contributed by atoms with van der Waals surface area (Å²) >= 11 is -3.11. The molecule has 0 rings (SSSR count). The molecular weight excluding hydrogens is 386 g/mol. The van der Waals surface area contributed by atoms with Crippen LogP contribution < -0.4 is 0 Å². The highest BCUT2D eigenvalue weighted by Gasteiger charge is 2.24. The highest BCUT2D eigenvalue weighted by molar-refractivity contribution is 7.72. The average Bonchev–Trinajstić information content (AvgIpc) is 2.70. The maximum atomic E-state index is 8.44. The number of nitrogens with zero attached hydrogens (tertiary/aromatic N) is 1. The fraction of sp³-hybridized carbons (Fsp3) is 1.00. The molecule has 29 heavy (non-hydrogen) atoms. The van der Waals surface area contributed by atoms with Crippen LogP contribution in [0.5, 0.6) is 0 Å².